The summed E-state index contributed by atoms with van der Waals surface area (Å²) in [5.74, 6) is 2.13. The molecule has 0 aliphatic carbocycles. The summed E-state index contributed by atoms with van der Waals surface area (Å²) in [4.78, 5) is 14.7. The van der Waals surface area contributed by atoms with Crippen LogP contribution in [0.3, 0.4) is 0 Å². The lowest BCUT2D eigenvalue weighted by atomic mass is 10.0. The van der Waals surface area contributed by atoms with Gasteiger partial charge in [0.1, 0.15) is 0 Å². The highest BCUT2D eigenvalue weighted by Gasteiger charge is 2.24. The predicted octanol–water partition coefficient (Wildman–Crippen LogP) is 1.82. The second kappa shape index (κ2) is 8.54. The average Bonchev–Trinajstić information content (AvgIpc) is 3.08. The monoisotopic (exact) mass is 348 g/mol. The van der Waals surface area contributed by atoms with E-state index in [2.05, 4.69) is 24.1 Å². The molecule has 2 aliphatic rings. The largest absolute Gasteiger partial charge is 0.454 e. The highest BCUT2D eigenvalue weighted by molar-refractivity contribution is 5.76. The molecule has 1 aromatic rings. The quantitative estimate of drug-likeness (QED) is 0.814. The van der Waals surface area contributed by atoms with Crippen LogP contribution in [-0.4, -0.2) is 56.5 Å². The van der Waals surface area contributed by atoms with Gasteiger partial charge in [0.15, 0.2) is 11.5 Å². The van der Waals surface area contributed by atoms with Crippen molar-refractivity contribution in [2.24, 2.45) is 5.92 Å². The van der Waals surface area contributed by atoms with E-state index in [1.165, 1.54) is 0 Å². The third-order valence-corrected chi connectivity index (χ3v) is 4.87. The van der Waals surface area contributed by atoms with Gasteiger partial charge < -0.3 is 19.5 Å². The summed E-state index contributed by atoms with van der Waals surface area (Å²) in [7, 11) is 0. The topological polar surface area (TPSA) is 60.0 Å². The van der Waals surface area contributed by atoms with Crippen molar-refractivity contribution in [3.63, 3.8) is 0 Å². The van der Waals surface area contributed by atoms with Crippen LogP contribution in [0.15, 0.2) is 18.2 Å². The molecule has 6 nitrogen and oxygen atoms in total. The Hall–Kier alpha value is -1.79. The number of nitrogens with zero attached hydrogens (tertiary/aromatic N) is 1. The molecule has 138 valence electrons. The van der Waals surface area contributed by atoms with Gasteiger partial charge in [-0.25, -0.2) is 0 Å². The maximum atomic E-state index is 12.2. The first-order valence-corrected chi connectivity index (χ1v) is 9.10. The summed E-state index contributed by atoms with van der Waals surface area (Å²) in [5.41, 5.74) is 1.09. The van der Waals surface area contributed by atoms with Crippen molar-refractivity contribution in [3.8, 4) is 11.5 Å². The third-order valence-electron chi connectivity index (χ3n) is 4.87. The summed E-state index contributed by atoms with van der Waals surface area (Å²) in [6.45, 7) is 8.82. The molecule has 2 aliphatic heterocycles. The smallest absolute Gasteiger partial charge is 0.231 e. The number of nitrogens with one attached hydrogen (secondary N) is 1. The summed E-state index contributed by atoms with van der Waals surface area (Å²) in [5, 5.41) is 3.11. The Bertz CT molecular complexity index is 585. The van der Waals surface area contributed by atoms with Crippen LogP contribution in [0, 0.1) is 5.92 Å². The number of carbonyl (C=O) groups excluding carboxylic acids is 1. The minimum atomic E-state index is 0.0941. The zero-order valence-corrected chi connectivity index (χ0v) is 15.1. The van der Waals surface area contributed by atoms with Gasteiger partial charge in [-0.05, 0) is 30.0 Å². The van der Waals surface area contributed by atoms with Gasteiger partial charge in [-0.2, -0.15) is 0 Å². The zero-order chi connectivity index (χ0) is 17.6. The van der Waals surface area contributed by atoms with Crippen molar-refractivity contribution in [2.75, 3.05) is 39.6 Å². The molecule has 0 saturated carbocycles. The van der Waals surface area contributed by atoms with E-state index in [4.69, 9.17) is 14.2 Å². The standard InChI is InChI=1S/C19H28N2O4/c1-14(2)16(21-7-9-23-10-8-21)12-20-19(22)6-4-15-3-5-17-18(11-15)25-13-24-17/h3,5,11,14,16H,4,6-10,12-13H2,1-2H3,(H,20,22)/t16-/m0/s1. The lowest BCUT2D eigenvalue weighted by Crippen LogP contribution is -2.51. The molecule has 0 bridgehead atoms. The van der Waals surface area contributed by atoms with E-state index in [1.54, 1.807) is 0 Å². The van der Waals surface area contributed by atoms with Gasteiger partial charge >= 0.3 is 0 Å². The average molecular weight is 348 g/mol. The van der Waals surface area contributed by atoms with Gasteiger partial charge in [0.05, 0.1) is 13.2 Å². The van der Waals surface area contributed by atoms with Crippen LogP contribution in [0.2, 0.25) is 0 Å². The van der Waals surface area contributed by atoms with Gasteiger partial charge in [0.25, 0.3) is 0 Å². The number of hydrogen-bond acceptors (Lipinski definition) is 5. The molecule has 0 spiro atoms. The molecule has 2 heterocycles. The van der Waals surface area contributed by atoms with Crippen molar-refractivity contribution in [3.05, 3.63) is 23.8 Å². The van der Waals surface area contributed by atoms with E-state index < -0.39 is 0 Å². The van der Waals surface area contributed by atoms with E-state index in [-0.39, 0.29) is 12.7 Å². The number of morpholine rings is 1. The fourth-order valence-corrected chi connectivity index (χ4v) is 3.36. The Kier molecular flexibility index (Phi) is 6.15. The Morgan fingerprint density at radius 1 is 1.20 bits per heavy atom. The van der Waals surface area contributed by atoms with E-state index in [0.29, 0.717) is 31.3 Å². The summed E-state index contributed by atoms with van der Waals surface area (Å²) < 4.78 is 16.1. The van der Waals surface area contributed by atoms with E-state index in [9.17, 15) is 4.79 Å². The number of carbonyl (C=O) groups is 1. The fraction of sp³-hybridized carbons (Fsp3) is 0.632. The molecule has 25 heavy (non-hydrogen) atoms. The zero-order valence-electron chi connectivity index (χ0n) is 15.1. The predicted molar refractivity (Wildman–Crippen MR) is 94.9 cm³/mol. The maximum Gasteiger partial charge on any atom is 0.231 e. The minimum Gasteiger partial charge on any atom is -0.454 e. The van der Waals surface area contributed by atoms with Gasteiger partial charge in [-0.15, -0.1) is 0 Å². The van der Waals surface area contributed by atoms with Crippen molar-refractivity contribution in [1.29, 1.82) is 0 Å². The van der Waals surface area contributed by atoms with E-state index in [1.807, 2.05) is 18.2 Å². The van der Waals surface area contributed by atoms with Crippen LogP contribution in [0.25, 0.3) is 0 Å². The molecule has 1 fully saturated rings. The molecule has 3 rings (SSSR count). The molecule has 1 aromatic carbocycles. The molecule has 1 saturated heterocycles. The van der Waals surface area contributed by atoms with Gasteiger partial charge in [0, 0.05) is 32.1 Å². The van der Waals surface area contributed by atoms with Crippen molar-refractivity contribution >= 4 is 5.91 Å². The molecule has 1 atom stereocenters. The number of fused-ring (bicyclic) bond motifs is 1. The molecular formula is C19H28N2O4. The second-order valence-corrected chi connectivity index (χ2v) is 6.95. The van der Waals surface area contributed by atoms with Crippen molar-refractivity contribution < 1.29 is 19.0 Å². The van der Waals surface area contributed by atoms with Crippen LogP contribution in [0.1, 0.15) is 25.8 Å². The number of rotatable bonds is 7. The number of ether oxygens (including phenoxy) is 3. The molecule has 6 heteroatoms. The van der Waals surface area contributed by atoms with Crippen LogP contribution >= 0.6 is 0 Å². The summed E-state index contributed by atoms with van der Waals surface area (Å²) in [6, 6.07) is 6.22. The molecule has 0 unspecified atom stereocenters. The molecule has 0 aromatic heterocycles. The van der Waals surface area contributed by atoms with E-state index in [0.717, 1.165) is 43.4 Å². The minimum absolute atomic E-state index is 0.0941. The Morgan fingerprint density at radius 2 is 1.96 bits per heavy atom. The Morgan fingerprint density at radius 3 is 2.72 bits per heavy atom. The van der Waals surface area contributed by atoms with Gasteiger partial charge in [-0.3, -0.25) is 9.69 Å². The summed E-state index contributed by atoms with van der Waals surface area (Å²) in [6.07, 6.45) is 1.18. The van der Waals surface area contributed by atoms with Gasteiger partial charge in [0.2, 0.25) is 12.7 Å². The maximum absolute atomic E-state index is 12.2. The normalized spacial score (nSPS) is 18.4. The van der Waals surface area contributed by atoms with Crippen molar-refractivity contribution in [2.45, 2.75) is 32.7 Å². The van der Waals surface area contributed by atoms with Gasteiger partial charge in [-0.1, -0.05) is 19.9 Å². The number of hydrogen-bond donors (Lipinski definition) is 1. The highest BCUT2D eigenvalue weighted by atomic mass is 16.7. The SMILES string of the molecule is CC(C)[C@H](CNC(=O)CCc1ccc2c(c1)OCO2)N1CCOCC1. The first-order valence-electron chi connectivity index (χ1n) is 9.10. The number of amides is 1. The third kappa shape index (κ3) is 4.86. The molecule has 0 radical (unpaired) electrons. The van der Waals surface area contributed by atoms with Crippen LogP contribution in [-0.2, 0) is 16.0 Å². The number of aryl methyl sites for hydroxylation is 1. The van der Waals surface area contributed by atoms with Crippen LogP contribution in [0.4, 0.5) is 0 Å². The highest BCUT2D eigenvalue weighted by Crippen LogP contribution is 2.32. The lowest BCUT2D eigenvalue weighted by Gasteiger charge is -2.36. The van der Waals surface area contributed by atoms with Crippen molar-refractivity contribution in [1.82, 2.24) is 10.2 Å². The molecule has 1 amide bonds. The van der Waals surface area contributed by atoms with Crippen LogP contribution in [0.5, 0.6) is 11.5 Å². The van der Waals surface area contributed by atoms with Crippen LogP contribution < -0.4 is 14.8 Å². The second-order valence-electron chi connectivity index (χ2n) is 6.95. The first-order chi connectivity index (χ1) is 12.1. The first kappa shape index (κ1) is 18.0. The Balaban J connectivity index is 1.45. The molecule has 1 N–H and O–H groups in total. The fourth-order valence-electron chi connectivity index (χ4n) is 3.36. The number of benzene rings is 1. The summed E-state index contributed by atoms with van der Waals surface area (Å²) >= 11 is 0. The Labute approximate surface area is 149 Å². The molecular weight excluding hydrogens is 320 g/mol. The van der Waals surface area contributed by atoms with E-state index >= 15 is 0 Å². The lowest BCUT2D eigenvalue weighted by molar-refractivity contribution is -0.121.